The third-order valence-electron chi connectivity index (χ3n) is 17.1. The molecular weight excluding hydrogens is 1220 g/mol. The van der Waals surface area contributed by atoms with Gasteiger partial charge in [0, 0.05) is 25.7 Å². The van der Waals surface area contributed by atoms with Crippen LogP contribution >= 0.6 is 15.6 Å². The van der Waals surface area contributed by atoms with Gasteiger partial charge in [0.05, 0.1) is 26.4 Å². The van der Waals surface area contributed by atoms with Crippen molar-refractivity contribution in [1.29, 1.82) is 0 Å². The van der Waals surface area contributed by atoms with E-state index in [0.717, 1.165) is 108 Å². The number of ether oxygens (including phenoxy) is 4. The Hall–Kier alpha value is -1.94. The van der Waals surface area contributed by atoms with Gasteiger partial charge in [0.1, 0.15) is 19.3 Å². The smallest absolute Gasteiger partial charge is 0.462 e. The standard InChI is InChI=1S/C74H144O17P2/c1-8-9-10-11-12-13-28-34-43-50-57-73(78)91-70(62-85-72(77)56-49-42-37-36-40-47-54-67(6)7)64-89-93(82,83)87-60-68(75)59-86-92(80,81)88-63-69(61-84-71(76)55-48-41-33-29-24-21-20-23-27-32-39-46-53-66(4)5)90-74(79)58-51-44-35-30-25-19-17-15-14-16-18-22-26-31-38-45-52-65(2)3/h65-70,75H,8-64H2,1-7H3,(H,80,81)(H,82,83)/t68-,69-,70-/m1/s1. The Balaban J connectivity index is 5.21. The number of hydrogen-bond acceptors (Lipinski definition) is 15. The van der Waals surface area contributed by atoms with Gasteiger partial charge < -0.3 is 33.8 Å². The maximum atomic E-state index is 13.1. The van der Waals surface area contributed by atoms with Crippen LogP contribution in [-0.2, 0) is 65.4 Å². The van der Waals surface area contributed by atoms with Gasteiger partial charge >= 0.3 is 39.5 Å². The van der Waals surface area contributed by atoms with Crippen LogP contribution in [0.2, 0.25) is 0 Å². The summed E-state index contributed by atoms with van der Waals surface area (Å²) in [4.78, 5) is 72.6. The van der Waals surface area contributed by atoms with E-state index in [0.29, 0.717) is 31.6 Å². The van der Waals surface area contributed by atoms with Crippen LogP contribution in [0.5, 0.6) is 0 Å². The molecule has 19 heteroatoms. The molecular formula is C74H144O17P2. The van der Waals surface area contributed by atoms with Crippen LogP contribution in [0.3, 0.4) is 0 Å². The summed E-state index contributed by atoms with van der Waals surface area (Å²) in [5.74, 6) is 0.148. The first kappa shape index (κ1) is 91.1. The van der Waals surface area contributed by atoms with Crippen molar-refractivity contribution in [2.24, 2.45) is 17.8 Å². The number of phosphoric ester groups is 2. The van der Waals surface area contributed by atoms with Crippen molar-refractivity contribution in [1.82, 2.24) is 0 Å². The fourth-order valence-electron chi connectivity index (χ4n) is 11.2. The van der Waals surface area contributed by atoms with E-state index in [-0.39, 0.29) is 25.7 Å². The largest absolute Gasteiger partial charge is 0.472 e. The summed E-state index contributed by atoms with van der Waals surface area (Å²) in [6.45, 7) is 11.8. The highest BCUT2D eigenvalue weighted by atomic mass is 31.2. The molecule has 0 aromatic carbocycles. The van der Waals surface area contributed by atoms with Crippen LogP contribution in [0.4, 0.5) is 0 Å². The molecule has 552 valence electrons. The minimum atomic E-state index is -4.96. The normalized spacial score (nSPS) is 14.1. The molecule has 0 aliphatic carbocycles. The second kappa shape index (κ2) is 64.7. The topological polar surface area (TPSA) is 237 Å². The summed E-state index contributed by atoms with van der Waals surface area (Å²) in [7, 11) is -9.90. The monoisotopic (exact) mass is 1370 g/mol. The Morgan fingerprint density at radius 3 is 0.731 bits per heavy atom. The molecule has 0 aliphatic heterocycles. The molecule has 93 heavy (non-hydrogen) atoms. The molecule has 0 aromatic heterocycles. The third kappa shape index (κ3) is 68.4. The summed E-state index contributed by atoms with van der Waals surface area (Å²) in [6.07, 6.45) is 50.1. The Labute approximate surface area is 568 Å². The van der Waals surface area contributed by atoms with Crippen LogP contribution in [0.15, 0.2) is 0 Å². The lowest BCUT2D eigenvalue weighted by Gasteiger charge is -2.21. The number of carbonyl (C=O) groups is 4. The SMILES string of the molecule is CCCCCCCCCCCCC(=O)O[C@H](COC(=O)CCCCCCCCC(C)C)COP(=O)(O)OC[C@H](O)COP(=O)(O)OC[C@@H](COC(=O)CCCCCCCCCCCCCCC(C)C)OC(=O)CCCCCCCCCCCCCCCCCCC(C)C. The Morgan fingerprint density at radius 1 is 0.290 bits per heavy atom. The lowest BCUT2D eigenvalue weighted by atomic mass is 10.0. The van der Waals surface area contributed by atoms with Gasteiger partial charge in [0.15, 0.2) is 12.2 Å². The molecule has 0 heterocycles. The number of aliphatic hydroxyl groups is 1. The van der Waals surface area contributed by atoms with Gasteiger partial charge in [-0.25, -0.2) is 9.13 Å². The Kier molecular flexibility index (Phi) is 63.4. The van der Waals surface area contributed by atoms with Gasteiger partial charge in [0.25, 0.3) is 0 Å². The molecule has 0 aromatic rings. The molecule has 3 N–H and O–H groups in total. The van der Waals surface area contributed by atoms with E-state index in [1.807, 2.05) is 0 Å². The number of hydrogen-bond donors (Lipinski definition) is 3. The van der Waals surface area contributed by atoms with Crippen molar-refractivity contribution in [3.8, 4) is 0 Å². The Morgan fingerprint density at radius 2 is 0.495 bits per heavy atom. The van der Waals surface area contributed by atoms with E-state index in [9.17, 15) is 43.2 Å². The second-order valence-electron chi connectivity index (χ2n) is 28.1. The first-order chi connectivity index (χ1) is 44.7. The van der Waals surface area contributed by atoms with Gasteiger partial charge in [-0.3, -0.25) is 37.3 Å². The van der Waals surface area contributed by atoms with E-state index >= 15 is 0 Å². The van der Waals surface area contributed by atoms with E-state index in [1.54, 1.807) is 0 Å². The zero-order chi connectivity index (χ0) is 68.7. The molecule has 0 radical (unpaired) electrons. The van der Waals surface area contributed by atoms with Crippen molar-refractivity contribution in [3.63, 3.8) is 0 Å². The highest BCUT2D eigenvalue weighted by Gasteiger charge is 2.30. The lowest BCUT2D eigenvalue weighted by Crippen LogP contribution is -2.30. The van der Waals surface area contributed by atoms with Crippen molar-refractivity contribution in [2.75, 3.05) is 39.6 Å². The third-order valence-corrected chi connectivity index (χ3v) is 19.0. The van der Waals surface area contributed by atoms with Gasteiger partial charge in [-0.15, -0.1) is 0 Å². The Bertz CT molecular complexity index is 1820. The molecule has 0 aliphatic rings. The van der Waals surface area contributed by atoms with Gasteiger partial charge in [-0.2, -0.15) is 0 Å². The number of carbonyl (C=O) groups excluding carboxylic acids is 4. The number of aliphatic hydroxyl groups excluding tert-OH is 1. The van der Waals surface area contributed by atoms with E-state index in [2.05, 4.69) is 48.5 Å². The average molecular weight is 1370 g/mol. The highest BCUT2D eigenvalue weighted by Crippen LogP contribution is 2.45. The second-order valence-corrected chi connectivity index (χ2v) is 31.0. The van der Waals surface area contributed by atoms with Crippen molar-refractivity contribution in [2.45, 2.75) is 394 Å². The molecule has 0 spiro atoms. The summed E-state index contributed by atoms with van der Waals surface area (Å²) in [5.41, 5.74) is 0. The van der Waals surface area contributed by atoms with Crippen LogP contribution in [0.1, 0.15) is 376 Å². The van der Waals surface area contributed by atoms with E-state index in [4.69, 9.17) is 37.0 Å². The molecule has 5 atom stereocenters. The zero-order valence-corrected chi connectivity index (χ0v) is 62.5. The fourth-order valence-corrected chi connectivity index (χ4v) is 12.8. The first-order valence-electron chi connectivity index (χ1n) is 38.3. The van der Waals surface area contributed by atoms with E-state index in [1.165, 1.54) is 180 Å². The highest BCUT2D eigenvalue weighted by molar-refractivity contribution is 7.47. The maximum Gasteiger partial charge on any atom is 0.472 e. The first-order valence-corrected chi connectivity index (χ1v) is 41.3. The average Bonchev–Trinajstić information content (AvgIpc) is 1.67. The summed E-state index contributed by atoms with van der Waals surface area (Å²) in [6, 6.07) is 0. The number of unbranched alkanes of at least 4 members (excludes halogenated alkanes) is 40. The van der Waals surface area contributed by atoms with Gasteiger partial charge in [-0.1, -0.05) is 325 Å². The molecule has 2 unspecified atom stereocenters. The quantitative estimate of drug-likeness (QED) is 0.0222. The number of rotatable bonds is 72. The summed E-state index contributed by atoms with van der Waals surface area (Å²) < 4.78 is 68.4. The summed E-state index contributed by atoms with van der Waals surface area (Å²) in [5, 5.41) is 10.6. The number of esters is 4. The minimum absolute atomic E-state index is 0.105. The molecule has 0 fully saturated rings. The van der Waals surface area contributed by atoms with Crippen molar-refractivity contribution >= 4 is 39.5 Å². The van der Waals surface area contributed by atoms with Crippen LogP contribution < -0.4 is 0 Å². The predicted octanol–water partition coefficient (Wildman–Crippen LogP) is 21.4. The maximum absolute atomic E-state index is 13.1. The lowest BCUT2D eigenvalue weighted by molar-refractivity contribution is -0.161. The minimum Gasteiger partial charge on any atom is -0.462 e. The van der Waals surface area contributed by atoms with Gasteiger partial charge in [0.2, 0.25) is 0 Å². The van der Waals surface area contributed by atoms with Crippen LogP contribution in [0, 0.1) is 17.8 Å². The number of phosphoric acid groups is 2. The predicted molar refractivity (Wildman–Crippen MR) is 377 cm³/mol. The molecule has 0 bridgehead atoms. The van der Waals surface area contributed by atoms with Crippen LogP contribution in [-0.4, -0.2) is 96.7 Å². The molecule has 0 saturated heterocycles. The van der Waals surface area contributed by atoms with E-state index < -0.39 is 97.5 Å². The molecule has 17 nitrogen and oxygen atoms in total. The van der Waals surface area contributed by atoms with Crippen molar-refractivity contribution < 1.29 is 80.2 Å². The summed E-state index contributed by atoms with van der Waals surface area (Å²) >= 11 is 0. The molecule has 0 saturated carbocycles. The zero-order valence-electron chi connectivity index (χ0n) is 60.7. The molecule has 0 amide bonds. The van der Waals surface area contributed by atoms with Gasteiger partial charge in [-0.05, 0) is 43.4 Å². The van der Waals surface area contributed by atoms with Crippen molar-refractivity contribution in [3.05, 3.63) is 0 Å². The van der Waals surface area contributed by atoms with Crippen LogP contribution in [0.25, 0.3) is 0 Å². The molecule has 0 rings (SSSR count). The fraction of sp³-hybridized carbons (Fsp3) is 0.946.